The van der Waals surface area contributed by atoms with E-state index < -0.39 is 10.0 Å². The Balaban J connectivity index is 1.33. The smallest absolute Gasteiger partial charge is 0.259 e. The van der Waals surface area contributed by atoms with Crippen LogP contribution in [0, 0.1) is 12.8 Å². The van der Waals surface area contributed by atoms with Crippen molar-refractivity contribution in [3.05, 3.63) is 70.9 Å². The van der Waals surface area contributed by atoms with Crippen LogP contribution >= 0.6 is 0 Å². The molecule has 2 N–H and O–H groups in total. The minimum Gasteiger partial charge on any atom is -0.492 e. The molecule has 1 saturated heterocycles. The predicted molar refractivity (Wildman–Crippen MR) is 130 cm³/mol. The molecule has 2 aromatic carbocycles. The number of piperidine rings is 1. The predicted octanol–water partition coefficient (Wildman–Crippen LogP) is 3.02. The Morgan fingerprint density at radius 1 is 1.21 bits per heavy atom. The van der Waals surface area contributed by atoms with Crippen LogP contribution in [0.3, 0.4) is 0 Å². The van der Waals surface area contributed by atoms with Crippen molar-refractivity contribution in [3.63, 3.8) is 0 Å². The molecule has 8 nitrogen and oxygen atoms in total. The number of hydrogen-bond acceptors (Lipinski definition) is 6. The zero-order chi connectivity index (χ0) is 23.9. The van der Waals surface area contributed by atoms with Crippen LogP contribution in [0.2, 0.25) is 0 Å². The molecule has 1 fully saturated rings. The number of carbonyl (C=O) groups is 1. The van der Waals surface area contributed by atoms with Crippen LogP contribution in [0.4, 0.5) is 0 Å². The van der Waals surface area contributed by atoms with Gasteiger partial charge < -0.3 is 15.4 Å². The van der Waals surface area contributed by atoms with E-state index in [0.717, 1.165) is 29.3 Å². The van der Waals surface area contributed by atoms with Crippen molar-refractivity contribution in [2.75, 3.05) is 19.7 Å². The van der Waals surface area contributed by atoms with E-state index in [1.807, 2.05) is 36.1 Å². The Bertz CT molecular complexity index is 1420. The van der Waals surface area contributed by atoms with Gasteiger partial charge in [-0.1, -0.05) is 30.3 Å². The van der Waals surface area contributed by atoms with Crippen LogP contribution in [0.5, 0.6) is 5.75 Å². The molecule has 0 aliphatic carbocycles. The number of aryl methyl sites for hydroxylation is 1. The topological polar surface area (TPSA) is 115 Å². The van der Waals surface area contributed by atoms with Gasteiger partial charge in [-0.05, 0) is 43.0 Å². The first-order valence-corrected chi connectivity index (χ1v) is 12.9. The average Bonchev–Trinajstić information content (AvgIpc) is 2.81. The normalized spacial score (nSPS) is 19.4. The van der Waals surface area contributed by atoms with Crippen molar-refractivity contribution in [2.45, 2.75) is 25.5 Å². The Labute approximate surface area is 198 Å². The number of carbonyl (C=O) groups excluding carboxylic acids is 1. The molecule has 0 radical (unpaired) electrons. The van der Waals surface area contributed by atoms with Crippen LogP contribution in [0.1, 0.15) is 39.9 Å². The fraction of sp³-hybridized carbons (Fsp3) is 0.320. The van der Waals surface area contributed by atoms with E-state index in [0.29, 0.717) is 42.1 Å². The Morgan fingerprint density at radius 2 is 2.03 bits per heavy atom. The lowest BCUT2D eigenvalue weighted by Crippen LogP contribution is -2.42. The van der Waals surface area contributed by atoms with Gasteiger partial charge in [0, 0.05) is 30.6 Å². The number of fused-ring (bicyclic) bond motifs is 2. The summed E-state index contributed by atoms with van der Waals surface area (Å²) in [6, 6.07) is 13.0. The summed E-state index contributed by atoms with van der Waals surface area (Å²) in [4.78, 5) is 19.9. The molecule has 0 bridgehead atoms. The highest BCUT2D eigenvalue weighted by Gasteiger charge is 2.29. The number of sulfonamides is 1. The van der Waals surface area contributed by atoms with Gasteiger partial charge in [0.05, 0.1) is 29.0 Å². The summed E-state index contributed by atoms with van der Waals surface area (Å²) >= 11 is 0. The van der Waals surface area contributed by atoms with Crippen LogP contribution in [-0.2, 0) is 15.8 Å². The highest BCUT2D eigenvalue weighted by Crippen LogP contribution is 2.30. The molecule has 2 aliphatic heterocycles. The third-order valence-electron chi connectivity index (χ3n) is 6.40. The first kappa shape index (κ1) is 22.3. The van der Waals surface area contributed by atoms with Gasteiger partial charge >= 0.3 is 0 Å². The molecule has 1 atom stereocenters. The van der Waals surface area contributed by atoms with Gasteiger partial charge in [0.25, 0.3) is 15.9 Å². The molecule has 3 heterocycles. The maximum Gasteiger partial charge on any atom is 0.259 e. The van der Waals surface area contributed by atoms with Crippen molar-refractivity contribution in [3.8, 4) is 5.75 Å². The third kappa shape index (κ3) is 4.23. The summed E-state index contributed by atoms with van der Waals surface area (Å²) in [5, 5.41) is 0.867. The fourth-order valence-corrected chi connectivity index (χ4v) is 5.90. The molecule has 0 spiro atoms. The number of hydrogen-bond donors (Lipinski definition) is 1. The average molecular weight is 479 g/mol. The number of rotatable bonds is 4. The molecule has 5 rings (SSSR count). The summed E-state index contributed by atoms with van der Waals surface area (Å²) in [5.74, 6) is 0.447. The second-order valence-electron chi connectivity index (χ2n) is 8.90. The van der Waals surface area contributed by atoms with E-state index in [4.69, 9.17) is 10.5 Å². The summed E-state index contributed by atoms with van der Waals surface area (Å²) in [6.07, 6.45) is 3.58. The number of benzene rings is 2. The number of amidine groups is 1. The van der Waals surface area contributed by atoms with Gasteiger partial charge in [0.1, 0.15) is 11.6 Å². The summed E-state index contributed by atoms with van der Waals surface area (Å²) in [6.45, 7) is 3.60. The molecule has 2 aliphatic rings. The van der Waals surface area contributed by atoms with E-state index in [1.54, 1.807) is 24.4 Å². The van der Waals surface area contributed by atoms with Crippen molar-refractivity contribution in [1.29, 1.82) is 0 Å². The maximum atomic E-state index is 13.5. The van der Waals surface area contributed by atoms with E-state index in [-0.39, 0.29) is 23.4 Å². The number of pyridine rings is 1. The van der Waals surface area contributed by atoms with Crippen LogP contribution in [0.15, 0.2) is 53.1 Å². The maximum absolute atomic E-state index is 13.5. The van der Waals surface area contributed by atoms with Gasteiger partial charge in [-0.2, -0.15) is 0 Å². The van der Waals surface area contributed by atoms with Gasteiger partial charge in [-0.15, -0.1) is 4.40 Å². The highest BCUT2D eigenvalue weighted by atomic mass is 32.2. The zero-order valence-corrected chi connectivity index (χ0v) is 19.7. The summed E-state index contributed by atoms with van der Waals surface area (Å²) in [7, 11) is -3.60. The van der Waals surface area contributed by atoms with Crippen molar-refractivity contribution < 1.29 is 17.9 Å². The standard InChI is InChI=1S/C25H26N4O4S/c1-16-12-27-20-9-3-2-8-19(20)22(16)25(30)29-11-5-6-17(13-29)14-33-21-10-4-7-18-15-34(31,32)28-24(26)23(18)21/h2-4,7-10,12,17H,5-6,11,13-15H2,1H3,(H2,26,28)/t17-/m0/s1. The van der Waals surface area contributed by atoms with E-state index in [9.17, 15) is 13.2 Å². The number of para-hydroxylation sites is 1. The minimum absolute atomic E-state index is 0.0134. The number of nitrogens with two attached hydrogens (primary N) is 1. The number of likely N-dealkylation sites (tertiary alicyclic amines) is 1. The van der Waals surface area contributed by atoms with E-state index in [1.165, 1.54) is 0 Å². The Hall–Kier alpha value is -3.46. The SMILES string of the molecule is Cc1cnc2ccccc2c1C(=O)N1CCC[C@H](COc2cccc3c2C(N)=NS(=O)(=O)C3)C1. The van der Waals surface area contributed by atoms with Crippen molar-refractivity contribution >= 4 is 32.7 Å². The molecular weight excluding hydrogens is 452 g/mol. The third-order valence-corrected chi connectivity index (χ3v) is 7.55. The van der Waals surface area contributed by atoms with Crippen LogP contribution in [0.25, 0.3) is 10.9 Å². The summed E-state index contributed by atoms with van der Waals surface area (Å²) in [5.41, 5.74) is 9.46. The number of amides is 1. The fourth-order valence-electron chi connectivity index (χ4n) is 4.81. The Morgan fingerprint density at radius 3 is 2.88 bits per heavy atom. The molecular formula is C25H26N4O4S. The first-order valence-electron chi connectivity index (χ1n) is 11.3. The van der Waals surface area contributed by atoms with E-state index >= 15 is 0 Å². The number of nitrogens with zero attached hydrogens (tertiary/aromatic N) is 3. The van der Waals surface area contributed by atoms with Crippen LogP contribution in [-0.4, -0.2) is 49.7 Å². The highest BCUT2D eigenvalue weighted by molar-refractivity contribution is 7.89. The lowest BCUT2D eigenvalue weighted by Gasteiger charge is -2.33. The second kappa shape index (κ2) is 8.72. The zero-order valence-electron chi connectivity index (χ0n) is 18.9. The quantitative estimate of drug-likeness (QED) is 0.616. The molecule has 9 heteroatoms. The minimum atomic E-state index is -3.60. The largest absolute Gasteiger partial charge is 0.492 e. The Kier molecular flexibility index (Phi) is 5.73. The lowest BCUT2D eigenvalue weighted by atomic mass is 9.96. The monoisotopic (exact) mass is 478 g/mol. The van der Waals surface area contributed by atoms with Gasteiger partial charge in [-0.3, -0.25) is 9.78 Å². The summed E-state index contributed by atoms with van der Waals surface area (Å²) < 4.78 is 33.6. The van der Waals surface area contributed by atoms with Gasteiger partial charge in [-0.25, -0.2) is 8.42 Å². The van der Waals surface area contributed by atoms with Gasteiger partial charge in [0.2, 0.25) is 0 Å². The van der Waals surface area contributed by atoms with E-state index in [2.05, 4.69) is 9.38 Å². The number of aromatic nitrogens is 1. The number of ether oxygens (including phenoxy) is 1. The second-order valence-corrected chi connectivity index (χ2v) is 10.5. The molecule has 1 amide bonds. The van der Waals surface area contributed by atoms with Crippen LogP contribution < -0.4 is 10.5 Å². The molecule has 3 aromatic rings. The van der Waals surface area contributed by atoms with Crippen molar-refractivity contribution in [2.24, 2.45) is 16.0 Å². The molecule has 0 saturated carbocycles. The van der Waals surface area contributed by atoms with Gasteiger partial charge in [0.15, 0.2) is 0 Å². The molecule has 0 unspecified atom stereocenters. The molecule has 34 heavy (non-hydrogen) atoms. The van der Waals surface area contributed by atoms with Crippen molar-refractivity contribution in [1.82, 2.24) is 9.88 Å². The molecule has 1 aromatic heterocycles. The lowest BCUT2D eigenvalue weighted by molar-refractivity contribution is 0.0634. The molecule has 176 valence electrons. The first-order chi connectivity index (χ1) is 16.3.